The fraction of sp³-hybridized carbons (Fsp3) is 0.500. The van der Waals surface area contributed by atoms with Crippen molar-refractivity contribution in [3.63, 3.8) is 0 Å². The standard InChI is InChI=1S/C14H18ClN3O3S/c15-11-1-5-13(6-2-11)22(20,21)18-9-7-17(8-10-18)14(19)16-12-3-4-12/h1-2,5-6,12H,3-4,7-10H2,(H,16,19). The Balaban J connectivity index is 1.62. The number of piperazine rings is 1. The predicted molar refractivity (Wildman–Crippen MR) is 83.3 cm³/mol. The van der Waals surface area contributed by atoms with Crippen molar-refractivity contribution in [3.8, 4) is 0 Å². The third kappa shape index (κ3) is 3.37. The maximum Gasteiger partial charge on any atom is 0.317 e. The molecule has 2 amide bonds. The first-order valence-corrected chi connectivity index (χ1v) is 9.10. The van der Waals surface area contributed by atoms with Crippen LogP contribution in [0.5, 0.6) is 0 Å². The number of urea groups is 1. The second-order valence-electron chi connectivity index (χ2n) is 5.57. The van der Waals surface area contributed by atoms with Crippen molar-refractivity contribution in [2.45, 2.75) is 23.8 Å². The number of benzene rings is 1. The molecule has 0 atom stereocenters. The number of sulfonamides is 1. The van der Waals surface area contributed by atoms with Crippen molar-refractivity contribution >= 4 is 27.7 Å². The summed E-state index contributed by atoms with van der Waals surface area (Å²) < 4.78 is 26.5. The molecule has 0 spiro atoms. The molecule has 0 aromatic heterocycles. The minimum absolute atomic E-state index is 0.0916. The van der Waals surface area contributed by atoms with Crippen LogP contribution in [0.15, 0.2) is 29.2 Å². The van der Waals surface area contributed by atoms with E-state index in [1.807, 2.05) is 0 Å². The minimum Gasteiger partial charge on any atom is -0.335 e. The molecule has 1 aromatic rings. The Kier molecular flexibility index (Phi) is 4.29. The van der Waals surface area contributed by atoms with E-state index in [0.29, 0.717) is 37.2 Å². The van der Waals surface area contributed by atoms with E-state index in [-0.39, 0.29) is 10.9 Å². The summed E-state index contributed by atoms with van der Waals surface area (Å²) in [6.45, 7) is 1.43. The lowest BCUT2D eigenvalue weighted by atomic mass is 10.4. The number of rotatable bonds is 3. The molecular formula is C14H18ClN3O3S. The zero-order chi connectivity index (χ0) is 15.7. The fourth-order valence-corrected chi connectivity index (χ4v) is 3.93. The molecule has 1 saturated carbocycles. The molecule has 3 rings (SSSR count). The van der Waals surface area contributed by atoms with Crippen LogP contribution in [0.4, 0.5) is 4.79 Å². The quantitative estimate of drug-likeness (QED) is 0.904. The molecule has 2 fully saturated rings. The first kappa shape index (κ1) is 15.6. The van der Waals surface area contributed by atoms with E-state index in [1.165, 1.54) is 16.4 Å². The zero-order valence-corrected chi connectivity index (χ0v) is 13.6. The molecule has 1 saturated heterocycles. The fourth-order valence-electron chi connectivity index (χ4n) is 2.38. The van der Waals surface area contributed by atoms with Crippen molar-refractivity contribution in [2.24, 2.45) is 0 Å². The monoisotopic (exact) mass is 343 g/mol. The van der Waals surface area contributed by atoms with Crippen molar-refractivity contribution in [1.82, 2.24) is 14.5 Å². The summed E-state index contributed by atoms with van der Waals surface area (Å²) in [4.78, 5) is 13.8. The number of hydrogen-bond donors (Lipinski definition) is 1. The van der Waals surface area contributed by atoms with Crippen molar-refractivity contribution in [2.75, 3.05) is 26.2 Å². The number of carbonyl (C=O) groups is 1. The molecule has 8 heteroatoms. The maximum absolute atomic E-state index is 12.5. The van der Waals surface area contributed by atoms with Crippen LogP contribution < -0.4 is 5.32 Å². The van der Waals surface area contributed by atoms with Crippen LogP contribution in [0.1, 0.15) is 12.8 Å². The Morgan fingerprint density at radius 2 is 1.68 bits per heavy atom. The molecule has 1 aliphatic heterocycles. The van der Waals surface area contributed by atoms with E-state index in [0.717, 1.165) is 12.8 Å². The van der Waals surface area contributed by atoms with Crippen LogP contribution in [0.25, 0.3) is 0 Å². The van der Waals surface area contributed by atoms with Crippen LogP contribution in [-0.4, -0.2) is 55.9 Å². The number of nitrogens with zero attached hydrogens (tertiary/aromatic N) is 2. The highest BCUT2D eigenvalue weighted by Crippen LogP contribution is 2.21. The number of amides is 2. The molecule has 0 bridgehead atoms. The van der Waals surface area contributed by atoms with E-state index in [4.69, 9.17) is 11.6 Å². The number of carbonyl (C=O) groups excluding carboxylic acids is 1. The van der Waals surface area contributed by atoms with Crippen LogP contribution >= 0.6 is 11.6 Å². The SMILES string of the molecule is O=C(NC1CC1)N1CCN(S(=O)(=O)c2ccc(Cl)cc2)CC1. The van der Waals surface area contributed by atoms with E-state index in [2.05, 4.69) is 5.32 Å². The molecule has 1 heterocycles. The molecule has 22 heavy (non-hydrogen) atoms. The summed E-state index contributed by atoms with van der Waals surface area (Å²) in [5, 5.41) is 3.42. The van der Waals surface area contributed by atoms with E-state index in [1.54, 1.807) is 17.0 Å². The molecule has 0 unspecified atom stereocenters. The third-order valence-electron chi connectivity index (χ3n) is 3.88. The van der Waals surface area contributed by atoms with Gasteiger partial charge in [0, 0.05) is 37.2 Å². The Morgan fingerprint density at radius 1 is 1.09 bits per heavy atom. The molecule has 1 N–H and O–H groups in total. The minimum atomic E-state index is -3.52. The summed E-state index contributed by atoms with van der Waals surface area (Å²) in [6.07, 6.45) is 2.08. The van der Waals surface area contributed by atoms with Gasteiger partial charge in [0.2, 0.25) is 10.0 Å². The van der Waals surface area contributed by atoms with Crippen LogP contribution in [0, 0.1) is 0 Å². The smallest absolute Gasteiger partial charge is 0.317 e. The van der Waals surface area contributed by atoms with Crippen molar-refractivity contribution < 1.29 is 13.2 Å². The van der Waals surface area contributed by atoms with Crippen LogP contribution in [-0.2, 0) is 10.0 Å². The maximum atomic E-state index is 12.5. The number of halogens is 1. The Hall–Kier alpha value is -1.31. The predicted octanol–water partition coefficient (Wildman–Crippen LogP) is 1.52. The lowest BCUT2D eigenvalue weighted by Gasteiger charge is -2.34. The highest BCUT2D eigenvalue weighted by atomic mass is 35.5. The zero-order valence-electron chi connectivity index (χ0n) is 12.0. The van der Waals surface area contributed by atoms with E-state index in [9.17, 15) is 13.2 Å². The van der Waals surface area contributed by atoms with Gasteiger partial charge in [-0.1, -0.05) is 11.6 Å². The average molecular weight is 344 g/mol. The number of nitrogens with one attached hydrogen (secondary N) is 1. The molecular weight excluding hydrogens is 326 g/mol. The molecule has 6 nitrogen and oxygen atoms in total. The lowest BCUT2D eigenvalue weighted by molar-refractivity contribution is 0.172. The van der Waals surface area contributed by atoms with Gasteiger partial charge in [-0.05, 0) is 37.1 Å². The normalized spacial score (nSPS) is 20.0. The van der Waals surface area contributed by atoms with Gasteiger partial charge in [0.1, 0.15) is 0 Å². The first-order valence-electron chi connectivity index (χ1n) is 7.28. The molecule has 2 aliphatic rings. The topological polar surface area (TPSA) is 69.7 Å². The molecule has 120 valence electrons. The summed E-state index contributed by atoms with van der Waals surface area (Å²) >= 11 is 5.79. The van der Waals surface area contributed by atoms with Gasteiger partial charge >= 0.3 is 6.03 Å². The summed E-state index contributed by atoms with van der Waals surface area (Å²) in [6, 6.07) is 6.35. The van der Waals surface area contributed by atoms with Crippen molar-refractivity contribution in [3.05, 3.63) is 29.3 Å². The Labute approximate surface area is 135 Å². The summed E-state index contributed by atoms with van der Waals surface area (Å²) in [5.41, 5.74) is 0. The Morgan fingerprint density at radius 3 is 2.23 bits per heavy atom. The highest BCUT2D eigenvalue weighted by molar-refractivity contribution is 7.89. The second-order valence-corrected chi connectivity index (χ2v) is 7.94. The summed E-state index contributed by atoms with van der Waals surface area (Å²) in [7, 11) is -3.52. The average Bonchev–Trinajstić information content (AvgIpc) is 3.32. The van der Waals surface area contributed by atoms with Gasteiger partial charge in [-0.3, -0.25) is 0 Å². The van der Waals surface area contributed by atoms with Crippen LogP contribution in [0.2, 0.25) is 5.02 Å². The van der Waals surface area contributed by atoms with Gasteiger partial charge in [0.15, 0.2) is 0 Å². The molecule has 1 aliphatic carbocycles. The van der Waals surface area contributed by atoms with E-state index >= 15 is 0 Å². The highest BCUT2D eigenvalue weighted by Gasteiger charge is 2.32. The van der Waals surface area contributed by atoms with Gasteiger partial charge in [0.25, 0.3) is 0 Å². The van der Waals surface area contributed by atoms with Crippen LogP contribution in [0.3, 0.4) is 0 Å². The van der Waals surface area contributed by atoms with Crippen molar-refractivity contribution in [1.29, 1.82) is 0 Å². The van der Waals surface area contributed by atoms with Gasteiger partial charge < -0.3 is 10.2 Å². The van der Waals surface area contributed by atoms with Gasteiger partial charge in [-0.2, -0.15) is 4.31 Å². The van der Waals surface area contributed by atoms with Gasteiger partial charge in [-0.25, -0.2) is 13.2 Å². The summed E-state index contributed by atoms with van der Waals surface area (Å²) in [5.74, 6) is 0. The van der Waals surface area contributed by atoms with Gasteiger partial charge in [-0.15, -0.1) is 0 Å². The first-order chi connectivity index (χ1) is 10.5. The Bertz CT molecular complexity index is 650. The van der Waals surface area contributed by atoms with Gasteiger partial charge in [0.05, 0.1) is 4.90 Å². The molecule has 1 aromatic carbocycles. The largest absolute Gasteiger partial charge is 0.335 e. The van der Waals surface area contributed by atoms with E-state index < -0.39 is 10.0 Å². The molecule has 0 radical (unpaired) electrons. The lowest BCUT2D eigenvalue weighted by Crippen LogP contribution is -2.53. The number of hydrogen-bond acceptors (Lipinski definition) is 3. The third-order valence-corrected chi connectivity index (χ3v) is 6.05. The second kappa shape index (κ2) is 6.06.